The Hall–Kier alpha value is 0. The third kappa shape index (κ3) is 6.74. The van der Waals surface area contributed by atoms with Crippen molar-refractivity contribution >= 4 is 0 Å². The van der Waals surface area contributed by atoms with Gasteiger partial charge in [0.15, 0.2) is 0 Å². The Bertz CT molecular complexity index is 241. The summed E-state index contributed by atoms with van der Waals surface area (Å²) in [5, 5.41) is 0. The normalized spacial score (nSPS) is 24.0. The lowest BCUT2D eigenvalue weighted by Gasteiger charge is -2.30. The van der Waals surface area contributed by atoms with Crippen LogP contribution in [-0.2, 0) is 0 Å². The van der Waals surface area contributed by atoms with E-state index in [2.05, 4.69) is 41.5 Å². The van der Waals surface area contributed by atoms with Crippen molar-refractivity contribution in [2.75, 3.05) is 0 Å². The highest BCUT2D eigenvalue weighted by atomic mass is 14.3. The molecule has 0 aromatic carbocycles. The fourth-order valence-electron chi connectivity index (χ4n) is 4.23. The number of rotatable bonds is 4. The van der Waals surface area contributed by atoms with E-state index >= 15 is 0 Å². The molecule has 0 bridgehead atoms. The molecule has 21 heavy (non-hydrogen) atoms. The first kappa shape index (κ1) is 19.0. The summed E-state index contributed by atoms with van der Waals surface area (Å²) in [7, 11) is 0. The SMILES string of the molecule is CC(C)C(C)C1CCCC1.CC(C)C(C)C1CCCCC1. The standard InChI is InChI=1S/C11H22.C10H20/c1-9(2)10(3)11-7-5-4-6-8-11;1-8(2)9(3)10-6-4-5-7-10/h9-11H,4-8H2,1-3H3;8-10H,4-7H2,1-3H3. The van der Waals surface area contributed by atoms with E-state index in [4.69, 9.17) is 0 Å². The van der Waals surface area contributed by atoms with Crippen LogP contribution in [0.4, 0.5) is 0 Å². The van der Waals surface area contributed by atoms with E-state index in [1.165, 1.54) is 57.8 Å². The molecule has 2 aliphatic carbocycles. The highest BCUT2D eigenvalue weighted by molar-refractivity contribution is 4.74. The van der Waals surface area contributed by atoms with Crippen LogP contribution in [0.25, 0.3) is 0 Å². The molecule has 2 fully saturated rings. The summed E-state index contributed by atoms with van der Waals surface area (Å²) in [6, 6.07) is 0. The van der Waals surface area contributed by atoms with Crippen molar-refractivity contribution in [3.05, 3.63) is 0 Å². The van der Waals surface area contributed by atoms with Crippen molar-refractivity contribution in [2.45, 2.75) is 99.3 Å². The van der Waals surface area contributed by atoms with E-state index in [1.807, 2.05) is 0 Å². The molecule has 126 valence electrons. The van der Waals surface area contributed by atoms with Crippen molar-refractivity contribution in [1.82, 2.24) is 0 Å². The summed E-state index contributed by atoms with van der Waals surface area (Å²) in [4.78, 5) is 0. The van der Waals surface area contributed by atoms with Gasteiger partial charge in [0, 0.05) is 0 Å². The summed E-state index contributed by atoms with van der Waals surface area (Å²) in [5.74, 6) is 5.79. The third-order valence-electron chi connectivity index (χ3n) is 6.64. The minimum atomic E-state index is 0.887. The minimum Gasteiger partial charge on any atom is -0.0625 e. The molecule has 0 N–H and O–H groups in total. The molecule has 2 saturated carbocycles. The fraction of sp³-hybridized carbons (Fsp3) is 1.00. The molecule has 0 nitrogen and oxygen atoms in total. The maximum Gasteiger partial charge on any atom is -0.0386 e. The molecule has 0 spiro atoms. The Morgan fingerprint density at radius 2 is 0.762 bits per heavy atom. The fourth-order valence-corrected chi connectivity index (χ4v) is 4.23. The Balaban J connectivity index is 0.000000211. The lowest BCUT2D eigenvalue weighted by Crippen LogP contribution is -2.19. The van der Waals surface area contributed by atoms with Gasteiger partial charge < -0.3 is 0 Å². The summed E-state index contributed by atoms with van der Waals surface area (Å²) < 4.78 is 0. The lowest BCUT2D eigenvalue weighted by atomic mass is 9.76. The predicted molar refractivity (Wildman–Crippen MR) is 96.5 cm³/mol. The molecular weight excluding hydrogens is 252 g/mol. The maximum absolute atomic E-state index is 2.43. The van der Waals surface area contributed by atoms with Crippen LogP contribution in [0, 0.1) is 35.5 Å². The first-order valence-corrected chi connectivity index (χ1v) is 9.93. The quantitative estimate of drug-likeness (QED) is 0.509. The molecule has 0 radical (unpaired) electrons. The van der Waals surface area contributed by atoms with Gasteiger partial charge >= 0.3 is 0 Å². The predicted octanol–water partition coefficient (Wildman–Crippen LogP) is 7.33. The van der Waals surface area contributed by atoms with Gasteiger partial charge in [-0.25, -0.2) is 0 Å². The second-order valence-corrected chi connectivity index (χ2v) is 8.65. The smallest absolute Gasteiger partial charge is 0.0386 e. The van der Waals surface area contributed by atoms with E-state index in [1.54, 1.807) is 0 Å². The van der Waals surface area contributed by atoms with Crippen LogP contribution in [0.15, 0.2) is 0 Å². The molecule has 0 heterocycles. The maximum atomic E-state index is 2.43. The summed E-state index contributed by atoms with van der Waals surface area (Å²) >= 11 is 0. The lowest BCUT2D eigenvalue weighted by molar-refractivity contribution is 0.213. The Kier molecular flexibility index (Phi) is 8.98. The molecule has 2 rings (SSSR count). The van der Waals surface area contributed by atoms with Gasteiger partial charge in [0.1, 0.15) is 0 Å². The zero-order valence-electron chi connectivity index (χ0n) is 15.8. The van der Waals surface area contributed by atoms with Crippen LogP contribution >= 0.6 is 0 Å². The van der Waals surface area contributed by atoms with Crippen molar-refractivity contribution in [2.24, 2.45) is 35.5 Å². The molecule has 0 aromatic heterocycles. The molecule has 0 aliphatic heterocycles. The highest BCUT2D eigenvalue weighted by Gasteiger charge is 2.23. The van der Waals surface area contributed by atoms with Gasteiger partial charge in [-0.15, -0.1) is 0 Å². The van der Waals surface area contributed by atoms with Crippen molar-refractivity contribution < 1.29 is 0 Å². The van der Waals surface area contributed by atoms with Gasteiger partial charge in [-0.1, -0.05) is 99.3 Å². The van der Waals surface area contributed by atoms with Gasteiger partial charge in [-0.2, -0.15) is 0 Å². The van der Waals surface area contributed by atoms with Crippen LogP contribution < -0.4 is 0 Å². The second kappa shape index (κ2) is 9.90. The monoisotopic (exact) mass is 294 g/mol. The molecule has 2 aliphatic rings. The number of hydrogen-bond donors (Lipinski definition) is 0. The van der Waals surface area contributed by atoms with E-state index < -0.39 is 0 Å². The second-order valence-electron chi connectivity index (χ2n) is 8.65. The van der Waals surface area contributed by atoms with Gasteiger partial charge in [0.05, 0.1) is 0 Å². The first-order valence-electron chi connectivity index (χ1n) is 9.93. The highest BCUT2D eigenvalue weighted by Crippen LogP contribution is 2.34. The molecular formula is C21H42. The van der Waals surface area contributed by atoms with Crippen molar-refractivity contribution in [3.63, 3.8) is 0 Å². The molecule has 2 unspecified atom stereocenters. The zero-order valence-corrected chi connectivity index (χ0v) is 15.8. The minimum absolute atomic E-state index is 0.887. The van der Waals surface area contributed by atoms with Crippen molar-refractivity contribution in [1.29, 1.82) is 0 Å². The average molecular weight is 295 g/mol. The van der Waals surface area contributed by atoms with Gasteiger partial charge in [0.25, 0.3) is 0 Å². The first-order chi connectivity index (χ1) is 9.93. The third-order valence-corrected chi connectivity index (χ3v) is 6.64. The Morgan fingerprint density at radius 3 is 1.05 bits per heavy atom. The van der Waals surface area contributed by atoms with E-state index in [9.17, 15) is 0 Å². The molecule has 0 heteroatoms. The Labute approximate surface area is 135 Å². The van der Waals surface area contributed by atoms with Crippen molar-refractivity contribution in [3.8, 4) is 0 Å². The van der Waals surface area contributed by atoms with E-state index in [-0.39, 0.29) is 0 Å². The summed E-state index contributed by atoms with van der Waals surface area (Å²) in [6.45, 7) is 14.3. The van der Waals surface area contributed by atoms with Crippen LogP contribution in [-0.4, -0.2) is 0 Å². The van der Waals surface area contributed by atoms with Crippen LogP contribution in [0.1, 0.15) is 99.3 Å². The topological polar surface area (TPSA) is 0 Å². The number of hydrogen-bond acceptors (Lipinski definition) is 0. The average Bonchev–Trinajstić information content (AvgIpc) is 3.01. The zero-order chi connectivity index (χ0) is 15.8. The van der Waals surface area contributed by atoms with Gasteiger partial charge in [0.2, 0.25) is 0 Å². The molecule has 0 saturated heterocycles. The molecule has 2 atom stereocenters. The van der Waals surface area contributed by atoms with Gasteiger partial charge in [-0.3, -0.25) is 0 Å². The summed E-state index contributed by atoms with van der Waals surface area (Å²) in [5.41, 5.74) is 0. The summed E-state index contributed by atoms with van der Waals surface area (Å²) in [6.07, 6.45) is 13.4. The van der Waals surface area contributed by atoms with E-state index in [0.29, 0.717) is 0 Å². The van der Waals surface area contributed by atoms with Gasteiger partial charge in [-0.05, 0) is 35.5 Å². The molecule has 0 aromatic rings. The van der Waals surface area contributed by atoms with Crippen LogP contribution in [0.2, 0.25) is 0 Å². The largest absolute Gasteiger partial charge is 0.0625 e. The van der Waals surface area contributed by atoms with Crippen LogP contribution in [0.5, 0.6) is 0 Å². The Morgan fingerprint density at radius 1 is 0.476 bits per heavy atom. The van der Waals surface area contributed by atoms with Crippen LogP contribution in [0.3, 0.4) is 0 Å². The molecule has 0 amide bonds. The van der Waals surface area contributed by atoms with E-state index in [0.717, 1.165) is 35.5 Å².